The summed E-state index contributed by atoms with van der Waals surface area (Å²) < 4.78 is 7.73. The van der Waals surface area contributed by atoms with E-state index in [2.05, 4.69) is 31.6 Å². The van der Waals surface area contributed by atoms with Crippen molar-refractivity contribution in [2.24, 2.45) is 0 Å². The van der Waals surface area contributed by atoms with E-state index >= 15 is 0 Å². The Morgan fingerprint density at radius 1 is 1.38 bits per heavy atom. The SMILES string of the molecule is O=C(Nn1c(-c2ccco2)n[nH]c1=S)c1cccc(Br)c1. The van der Waals surface area contributed by atoms with Crippen LogP contribution in [-0.2, 0) is 0 Å². The number of hydrogen-bond acceptors (Lipinski definition) is 4. The summed E-state index contributed by atoms with van der Waals surface area (Å²) in [4.78, 5) is 12.3. The number of nitrogens with one attached hydrogen (secondary N) is 2. The van der Waals surface area contributed by atoms with E-state index in [0.717, 1.165) is 4.47 Å². The third kappa shape index (κ3) is 2.81. The molecule has 0 aliphatic rings. The summed E-state index contributed by atoms with van der Waals surface area (Å²) in [5.74, 6) is 0.590. The Kier molecular flexibility index (Phi) is 3.72. The molecule has 6 nitrogen and oxygen atoms in total. The van der Waals surface area contributed by atoms with Crippen LogP contribution in [-0.4, -0.2) is 20.8 Å². The highest BCUT2D eigenvalue weighted by Gasteiger charge is 2.14. The number of rotatable bonds is 3. The number of amides is 1. The average Bonchev–Trinajstić information content (AvgIpc) is 3.10. The molecule has 3 aromatic rings. The van der Waals surface area contributed by atoms with Crippen LogP contribution >= 0.6 is 28.1 Å². The standard InChI is InChI=1S/C13H9BrN4O2S/c14-9-4-1-3-8(7-9)12(19)17-18-11(15-16-13(18)21)10-5-2-6-20-10/h1-7H,(H,16,21)(H,17,19). The molecule has 21 heavy (non-hydrogen) atoms. The molecule has 2 heterocycles. The van der Waals surface area contributed by atoms with Crippen molar-refractivity contribution in [3.05, 3.63) is 57.5 Å². The van der Waals surface area contributed by atoms with Crippen molar-refractivity contribution in [2.45, 2.75) is 0 Å². The Morgan fingerprint density at radius 3 is 2.95 bits per heavy atom. The molecule has 0 spiro atoms. The maximum absolute atomic E-state index is 12.3. The third-order valence-electron chi connectivity index (χ3n) is 2.71. The van der Waals surface area contributed by atoms with Crippen LogP contribution in [0.1, 0.15) is 10.4 Å². The van der Waals surface area contributed by atoms with Crippen molar-refractivity contribution in [3.8, 4) is 11.6 Å². The second-order valence-corrected chi connectivity index (χ2v) is 5.42. The quantitative estimate of drug-likeness (QED) is 0.698. The van der Waals surface area contributed by atoms with Gasteiger partial charge in [-0.2, -0.15) is 0 Å². The third-order valence-corrected chi connectivity index (χ3v) is 3.48. The Hall–Kier alpha value is -2.19. The Morgan fingerprint density at radius 2 is 2.24 bits per heavy atom. The van der Waals surface area contributed by atoms with E-state index in [4.69, 9.17) is 16.6 Å². The molecular formula is C13H9BrN4O2S. The highest BCUT2D eigenvalue weighted by atomic mass is 79.9. The van der Waals surface area contributed by atoms with Gasteiger partial charge in [0.2, 0.25) is 10.6 Å². The molecule has 0 saturated carbocycles. The predicted octanol–water partition coefficient (Wildman–Crippen LogP) is 3.35. The highest BCUT2D eigenvalue weighted by Crippen LogP contribution is 2.17. The van der Waals surface area contributed by atoms with Crippen LogP contribution < -0.4 is 5.43 Å². The minimum Gasteiger partial charge on any atom is -0.461 e. The largest absolute Gasteiger partial charge is 0.461 e. The molecule has 0 atom stereocenters. The number of carbonyl (C=O) groups excluding carboxylic acids is 1. The van der Waals surface area contributed by atoms with Crippen molar-refractivity contribution >= 4 is 34.1 Å². The summed E-state index contributed by atoms with van der Waals surface area (Å²) in [5.41, 5.74) is 3.19. The highest BCUT2D eigenvalue weighted by molar-refractivity contribution is 9.10. The average molecular weight is 365 g/mol. The molecule has 1 aromatic carbocycles. The molecule has 0 aliphatic heterocycles. The Labute approximate surface area is 132 Å². The van der Waals surface area contributed by atoms with E-state index in [1.807, 2.05) is 6.07 Å². The number of hydrogen-bond donors (Lipinski definition) is 2. The Balaban J connectivity index is 1.94. The number of aromatic amines is 1. The maximum atomic E-state index is 12.3. The smallest absolute Gasteiger partial charge is 0.270 e. The lowest BCUT2D eigenvalue weighted by Gasteiger charge is -2.07. The molecule has 2 aromatic heterocycles. The lowest BCUT2D eigenvalue weighted by atomic mass is 10.2. The lowest BCUT2D eigenvalue weighted by Crippen LogP contribution is -2.23. The topological polar surface area (TPSA) is 75.8 Å². The van der Waals surface area contributed by atoms with Gasteiger partial charge in [-0.3, -0.25) is 10.2 Å². The van der Waals surface area contributed by atoms with Gasteiger partial charge < -0.3 is 4.42 Å². The first-order chi connectivity index (χ1) is 10.1. The van der Waals surface area contributed by atoms with Gasteiger partial charge in [0, 0.05) is 10.0 Å². The normalized spacial score (nSPS) is 10.5. The molecule has 0 unspecified atom stereocenters. The maximum Gasteiger partial charge on any atom is 0.270 e. The van der Waals surface area contributed by atoms with E-state index in [0.29, 0.717) is 17.1 Å². The van der Waals surface area contributed by atoms with Crippen LogP contribution in [0.5, 0.6) is 0 Å². The van der Waals surface area contributed by atoms with Gasteiger partial charge in [-0.25, -0.2) is 9.77 Å². The van der Waals surface area contributed by atoms with Crippen molar-refractivity contribution in [1.82, 2.24) is 14.9 Å². The van der Waals surface area contributed by atoms with E-state index in [1.165, 1.54) is 10.9 Å². The second kappa shape index (κ2) is 5.66. The summed E-state index contributed by atoms with van der Waals surface area (Å²) in [6, 6.07) is 10.5. The van der Waals surface area contributed by atoms with Gasteiger partial charge in [0.15, 0.2) is 5.76 Å². The monoisotopic (exact) mass is 364 g/mol. The van der Waals surface area contributed by atoms with Gasteiger partial charge in [-0.15, -0.1) is 5.10 Å². The molecular weight excluding hydrogens is 356 g/mol. The number of aromatic nitrogens is 3. The minimum atomic E-state index is -0.304. The number of H-pyrrole nitrogens is 1. The molecule has 0 aliphatic carbocycles. The zero-order chi connectivity index (χ0) is 14.8. The molecule has 0 saturated heterocycles. The van der Waals surface area contributed by atoms with Crippen LogP contribution in [0.3, 0.4) is 0 Å². The first kappa shape index (κ1) is 13.8. The van der Waals surface area contributed by atoms with Crippen LogP contribution in [0.4, 0.5) is 0 Å². The van der Waals surface area contributed by atoms with Crippen molar-refractivity contribution in [3.63, 3.8) is 0 Å². The van der Waals surface area contributed by atoms with E-state index in [-0.39, 0.29) is 10.7 Å². The van der Waals surface area contributed by atoms with Gasteiger partial charge in [-0.1, -0.05) is 22.0 Å². The fourth-order valence-electron chi connectivity index (χ4n) is 1.77. The van der Waals surface area contributed by atoms with Crippen molar-refractivity contribution in [2.75, 3.05) is 5.43 Å². The molecule has 3 rings (SSSR count). The molecule has 2 N–H and O–H groups in total. The van der Waals surface area contributed by atoms with Gasteiger partial charge in [0.25, 0.3) is 5.91 Å². The molecule has 0 fully saturated rings. The lowest BCUT2D eigenvalue weighted by molar-refractivity contribution is 0.101. The summed E-state index contributed by atoms with van der Waals surface area (Å²) >= 11 is 8.45. The molecule has 0 bridgehead atoms. The molecule has 1 amide bonds. The summed E-state index contributed by atoms with van der Waals surface area (Å²) in [5, 5.41) is 6.68. The van der Waals surface area contributed by atoms with E-state index in [9.17, 15) is 4.79 Å². The van der Waals surface area contributed by atoms with Crippen LogP contribution in [0.2, 0.25) is 0 Å². The van der Waals surface area contributed by atoms with Crippen LogP contribution in [0, 0.1) is 4.77 Å². The summed E-state index contributed by atoms with van der Waals surface area (Å²) in [6.07, 6.45) is 1.52. The predicted molar refractivity (Wildman–Crippen MR) is 82.9 cm³/mol. The molecule has 0 radical (unpaired) electrons. The van der Waals surface area contributed by atoms with E-state index < -0.39 is 0 Å². The fourth-order valence-corrected chi connectivity index (χ4v) is 2.34. The second-order valence-electron chi connectivity index (χ2n) is 4.12. The van der Waals surface area contributed by atoms with Crippen molar-refractivity contribution < 1.29 is 9.21 Å². The van der Waals surface area contributed by atoms with Gasteiger partial charge in [0.1, 0.15) is 0 Å². The van der Waals surface area contributed by atoms with Crippen LogP contribution in [0.15, 0.2) is 51.6 Å². The van der Waals surface area contributed by atoms with Gasteiger partial charge in [-0.05, 0) is 42.5 Å². The fraction of sp³-hybridized carbons (Fsp3) is 0. The van der Waals surface area contributed by atoms with E-state index in [1.54, 1.807) is 30.3 Å². The van der Waals surface area contributed by atoms with Gasteiger partial charge >= 0.3 is 0 Å². The first-order valence-corrected chi connectivity index (χ1v) is 7.13. The zero-order valence-electron chi connectivity index (χ0n) is 10.5. The number of nitrogens with zero attached hydrogens (tertiary/aromatic N) is 2. The molecule has 8 heteroatoms. The summed E-state index contributed by atoms with van der Waals surface area (Å²) in [7, 11) is 0. The number of halogens is 1. The number of benzene rings is 1. The number of furan rings is 1. The Bertz CT molecular complexity index is 838. The van der Waals surface area contributed by atoms with Gasteiger partial charge in [0.05, 0.1) is 6.26 Å². The molecule has 106 valence electrons. The van der Waals surface area contributed by atoms with Crippen molar-refractivity contribution in [1.29, 1.82) is 0 Å². The summed E-state index contributed by atoms with van der Waals surface area (Å²) in [6.45, 7) is 0. The van der Waals surface area contributed by atoms with Crippen LogP contribution in [0.25, 0.3) is 11.6 Å². The first-order valence-electron chi connectivity index (χ1n) is 5.93. The zero-order valence-corrected chi connectivity index (χ0v) is 12.9. The number of carbonyl (C=O) groups is 1. The minimum absolute atomic E-state index is 0.268.